The van der Waals surface area contributed by atoms with E-state index in [0.717, 1.165) is 15.3 Å². The van der Waals surface area contributed by atoms with Gasteiger partial charge in [-0.15, -0.1) is 11.8 Å². The van der Waals surface area contributed by atoms with Crippen LogP contribution in [0.3, 0.4) is 0 Å². The lowest BCUT2D eigenvalue weighted by molar-refractivity contribution is -0.116. The van der Waals surface area contributed by atoms with Crippen LogP contribution in [-0.2, 0) is 4.79 Å². The maximum atomic E-state index is 12.9. The number of amides is 1. The van der Waals surface area contributed by atoms with Crippen molar-refractivity contribution >= 4 is 44.4 Å². The third kappa shape index (κ3) is 4.90. The predicted molar refractivity (Wildman–Crippen MR) is 108 cm³/mol. The summed E-state index contributed by atoms with van der Waals surface area (Å²) < 4.78 is 24.4. The van der Waals surface area contributed by atoms with E-state index in [2.05, 4.69) is 10.3 Å². The summed E-state index contributed by atoms with van der Waals surface area (Å²) in [5.41, 5.74) is 0.670. The zero-order valence-corrected chi connectivity index (χ0v) is 16.6. The Morgan fingerprint density at radius 1 is 1.15 bits per heavy atom. The molecule has 0 fully saturated rings. The van der Waals surface area contributed by atoms with E-state index < -0.39 is 0 Å². The number of carbonyl (C=O) groups is 1. The maximum absolute atomic E-state index is 12.9. The van der Waals surface area contributed by atoms with Crippen molar-refractivity contribution in [3.8, 4) is 11.5 Å². The number of nitrogens with one attached hydrogen (secondary N) is 1. The van der Waals surface area contributed by atoms with Crippen molar-refractivity contribution in [1.29, 1.82) is 0 Å². The van der Waals surface area contributed by atoms with Crippen LogP contribution >= 0.6 is 23.1 Å². The van der Waals surface area contributed by atoms with Crippen LogP contribution in [0.4, 0.5) is 9.52 Å². The number of thiazole rings is 1. The van der Waals surface area contributed by atoms with Gasteiger partial charge in [0, 0.05) is 11.3 Å². The van der Waals surface area contributed by atoms with Crippen LogP contribution in [0.25, 0.3) is 10.2 Å². The predicted octanol–water partition coefficient (Wildman–Crippen LogP) is 4.96. The number of nitrogens with zero attached hydrogens (tertiary/aromatic N) is 1. The van der Waals surface area contributed by atoms with E-state index in [1.807, 2.05) is 6.07 Å². The first-order chi connectivity index (χ1) is 13.1. The second-order valence-corrected chi connectivity index (χ2v) is 7.79. The van der Waals surface area contributed by atoms with Gasteiger partial charge in [0.1, 0.15) is 27.5 Å². The average molecular weight is 407 g/mol. The monoisotopic (exact) mass is 406 g/mol. The number of hydrogen-bond acceptors (Lipinski definition) is 6. The van der Waals surface area contributed by atoms with Gasteiger partial charge in [0.2, 0.25) is 5.91 Å². The third-order valence-electron chi connectivity index (χ3n) is 3.79. The highest BCUT2D eigenvalue weighted by Gasteiger charge is 2.15. The molecule has 1 N–H and O–H groups in total. The van der Waals surface area contributed by atoms with E-state index in [-0.39, 0.29) is 11.7 Å². The van der Waals surface area contributed by atoms with E-state index in [9.17, 15) is 9.18 Å². The topological polar surface area (TPSA) is 60.5 Å². The van der Waals surface area contributed by atoms with Gasteiger partial charge in [0.05, 0.1) is 14.2 Å². The first kappa shape index (κ1) is 19.4. The molecule has 0 aliphatic rings. The van der Waals surface area contributed by atoms with Gasteiger partial charge in [-0.05, 0) is 48.6 Å². The molecule has 1 aromatic heterocycles. The van der Waals surface area contributed by atoms with Gasteiger partial charge in [-0.2, -0.15) is 0 Å². The molecule has 0 saturated heterocycles. The number of aromatic nitrogens is 1. The number of carbonyl (C=O) groups excluding carboxylic acids is 1. The minimum atomic E-state index is -0.247. The quantitative estimate of drug-likeness (QED) is 0.423. The molecular weight excluding hydrogens is 387 g/mol. The van der Waals surface area contributed by atoms with E-state index in [1.165, 1.54) is 23.5 Å². The van der Waals surface area contributed by atoms with Gasteiger partial charge in [-0.3, -0.25) is 4.79 Å². The summed E-state index contributed by atoms with van der Waals surface area (Å²) in [5.74, 6) is 1.77. The molecule has 8 heteroatoms. The van der Waals surface area contributed by atoms with E-state index in [0.29, 0.717) is 35.0 Å². The molecule has 3 aromatic rings. The highest BCUT2D eigenvalue weighted by atomic mass is 32.2. The molecule has 0 bridgehead atoms. The van der Waals surface area contributed by atoms with Crippen molar-refractivity contribution in [1.82, 2.24) is 4.98 Å². The number of ether oxygens (including phenoxy) is 2. The third-order valence-corrected chi connectivity index (χ3v) is 5.87. The summed E-state index contributed by atoms with van der Waals surface area (Å²) in [6.07, 6.45) is 1.10. The molecule has 0 radical (unpaired) electrons. The highest BCUT2D eigenvalue weighted by molar-refractivity contribution is 7.99. The Balaban J connectivity index is 1.55. The largest absolute Gasteiger partial charge is 0.495 e. The molecule has 5 nitrogen and oxygen atoms in total. The van der Waals surface area contributed by atoms with Gasteiger partial charge in [0.15, 0.2) is 5.13 Å². The van der Waals surface area contributed by atoms with Gasteiger partial charge in [0.25, 0.3) is 0 Å². The van der Waals surface area contributed by atoms with Gasteiger partial charge >= 0.3 is 0 Å². The average Bonchev–Trinajstić information content (AvgIpc) is 3.09. The number of halogens is 1. The number of hydrogen-bond donors (Lipinski definition) is 1. The number of methoxy groups -OCH3 is 2. The molecular formula is C19H19FN2O3S2. The van der Waals surface area contributed by atoms with Crippen molar-refractivity contribution in [2.45, 2.75) is 17.7 Å². The first-order valence-corrected chi connectivity index (χ1v) is 10.1. The second-order valence-electron chi connectivity index (χ2n) is 5.62. The lowest BCUT2D eigenvalue weighted by Gasteiger charge is -2.03. The van der Waals surface area contributed by atoms with Crippen molar-refractivity contribution in [2.75, 3.05) is 25.3 Å². The lowest BCUT2D eigenvalue weighted by atomic mass is 10.3. The van der Waals surface area contributed by atoms with Crippen LogP contribution in [0.2, 0.25) is 0 Å². The standard InChI is InChI=1S/C19H19FN2O3S2/c1-24-14-9-10-15(25-2)18-17(14)22-19(27-18)21-16(23)4-3-11-26-13-7-5-12(20)6-8-13/h5-10H,3-4,11H2,1-2H3,(H,21,22,23). The number of thioether (sulfide) groups is 1. The van der Waals surface area contributed by atoms with Crippen LogP contribution in [0, 0.1) is 5.82 Å². The molecule has 0 saturated carbocycles. The van der Waals surface area contributed by atoms with E-state index in [1.54, 1.807) is 44.2 Å². The van der Waals surface area contributed by atoms with Crippen LogP contribution in [0.1, 0.15) is 12.8 Å². The zero-order chi connectivity index (χ0) is 19.2. The Morgan fingerprint density at radius 2 is 1.85 bits per heavy atom. The number of fused-ring (bicyclic) bond motifs is 1. The fourth-order valence-corrected chi connectivity index (χ4v) is 4.32. The van der Waals surface area contributed by atoms with E-state index in [4.69, 9.17) is 9.47 Å². The van der Waals surface area contributed by atoms with Crippen molar-refractivity contribution < 1.29 is 18.7 Å². The van der Waals surface area contributed by atoms with Gasteiger partial charge in [-0.1, -0.05) is 11.3 Å². The molecule has 142 valence electrons. The summed E-state index contributed by atoms with van der Waals surface area (Å²) in [6, 6.07) is 9.95. The summed E-state index contributed by atoms with van der Waals surface area (Å²) >= 11 is 2.95. The lowest BCUT2D eigenvalue weighted by Crippen LogP contribution is -2.11. The van der Waals surface area contributed by atoms with Crippen LogP contribution in [0.5, 0.6) is 11.5 Å². The Kier molecular flexibility index (Phi) is 6.52. The Morgan fingerprint density at radius 3 is 2.56 bits per heavy atom. The van der Waals surface area contributed by atoms with E-state index >= 15 is 0 Å². The number of anilines is 1. The zero-order valence-electron chi connectivity index (χ0n) is 15.0. The molecule has 0 unspecified atom stereocenters. The number of benzene rings is 2. The fraction of sp³-hybridized carbons (Fsp3) is 0.263. The molecule has 0 atom stereocenters. The minimum Gasteiger partial charge on any atom is -0.495 e. The van der Waals surface area contributed by atoms with Gasteiger partial charge in [-0.25, -0.2) is 9.37 Å². The summed E-state index contributed by atoms with van der Waals surface area (Å²) in [6.45, 7) is 0. The molecule has 0 aliphatic carbocycles. The fourth-order valence-electron chi connectivity index (χ4n) is 2.47. The maximum Gasteiger partial charge on any atom is 0.226 e. The van der Waals surface area contributed by atoms with Crippen molar-refractivity contribution in [2.24, 2.45) is 0 Å². The molecule has 0 spiro atoms. The summed E-state index contributed by atoms with van der Waals surface area (Å²) in [5, 5.41) is 3.36. The molecule has 1 heterocycles. The molecule has 2 aromatic carbocycles. The first-order valence-electron chi connectivity index (χ1n) is 8.30. The molecule has 3 rings (SSSR count). The summed E-state index contributed by atoms with van der Waals surface area (Å²) in [7, 11) is 3.18. The van der Waals surface area contributed by atoms with Crippen molar-refractivity contribution in [3.63, 3.8) is 0 Å². The Hall–Kier alpha value is -2.32. The normalized spacial score (nSPS) is 10.8. The van der Waals surface area contributed by atoms with Crippen LogP contribution in [0.15, 0.2) is 41.3 Å². The van der Waals surface area contributed by atoms with Crippen LogP contribution in [-0.4, -0.2) is 30.9 Å². The smallest absolute Gasteiger partial charge is 0.226 e. The molecule has 27 heavy (non-hydrogen) atoms. The Labute approximate surface area is 164 Å². The SMILES string of the molecule is COc1ccc(OC)c2sc(NC(=O)CCCSc3ccc(F)cc3)nc12. The highest BCUT2D eigenvalue weighted by Crippen LogP contribution is 2.38. The second kappa shape index (κ2) is 9.05. The molecule has 0 aliphatic heterocycles. The molecule has 1 amide bonds. The minimum absolute atomic E-state index is 0.0910. The van der Waals surface area contributed by atoms with Crippen molar-refractivity contribution in [3.05, 3.63) is 42.2 Å². The Bertz CT molecular complexity index is 888. The summed E-state index contributed by atoms with van der Waals surface area (Å²) in [4.78, 5) is 17.6. The van der Waals surface area contributed by atoms with Crippen LogP contribution < -0.4 is 14.8 Å². The van der Waals surface area contributed by atoms with Gasteiger partial charge < -0.3 is 14.8 Å². The number of rotatable bonds is 8.